The number of unbranched alkanes of at least 4 members (excludes halogenated alkanes) is 1. The highest BCUT2D eigenvalue weighted by molar-refractivity contribution is 6.30. The van der Waals surface area contributed by atoms with E-state index < -0.39 is 5.97 Å². The third-order valence-corrected chi connectivity index (χ3v) is 8.66. The van der Waals surface area contributed by atoms with Crippen LogP contribution in [0, 0.1) is 0 Å². The third-order valence-electron chi connectivity index (χ3n) is 8.43. The molecule has 0 radical (unpaired) electrons. The van der Waals surface area contributed by atoms with Crippen LogP contribution in [0.1, 0.15) is 102 Å². The van der Waals surface area contributed by atoms with Crippen LogP contribution in [0.25, 0.3) is 16.8 Å². The minimum absolute atomic E-state index is 0.110. The Morgan fingerprint density at radius 3 is 2.27 bits per heavy atom. The summed E-state index contributed by atoms with van der Waals surface area (Å²) in [4.78, 5) is 41.6. The number of hydrogen-bond donors (Lipinski definition) is 0. The van der Waals surface area contributed by atoms with Crippen molar-refractivity contribution in [3.63, 3.8) is 0 Å². The molecule has 0 spiro atoms. The Bertz CT molecular complexity index is 1970. The standard InChI is InChI=1S/C39H36ClN3O5.2C2H6/c1-3-5-13-35-36(33-19-14-26(25-44)22-34(33)38(45)42-21-20-27-9-6-7-10-28(27)24-42)37(39(46)47-4-2)41-43(35)30-15-17-31(18-16-30)48-32-12-8-11-29(40)23-32;2*1-2/h6-12,14-19,22-23,25H,3-5,13,20-21,24H2,1-2H3;2*1-2H3. The zero-order valence-corrected chi connectivity index (χ0v) is 31.7. The summed E-state index contributed by atoms with van der Waals surface area (Å²) in [6, 6.07) is 27.7. The minimum atomic E-state index is -0.588. The lowest BCUT2D eigenvalue weighted by atomic mass is 9.92. The molecule has 0 unspecified atom stereocenters. The number of ether oxygens (including phenoxy) is 2. The maximum absolute atomic E-state index is 14.3. The molecule has 0 N–H and O–H groups in total. The normalized spacial score (nSPS) is 11.6. The third kappa shape index (κ3) is 9.17. The zero-order chi connectivity index (χ0) is 37.6. The predicted molar refractivity (Wildman–Crippen MR) is 208 cm³/mol. The molecule has 6 rings (SSSR count). The second-order valence-corrected chi connectivity index (χ2v) is 12.1. The summed E-state index contributed by atoms with van der Waals surface area (Å²) in [5.74, 6) is 0.414. The molecule has 1 aliphatic heterocycles. The van der Waals surface area contributed by atoms with E-state index in [9.17, 15) is 14.4 Å². The van der Waals surface area contributed by atoms with Crippen LogP contribution in [0.3, 0.4) is 0 Å². The molecule has 1 aromatic heterocycles. The molecule has 0 saturated carbocycles. The Morgan fingerprint density at radius 1 is 0.865 bits per heavy atom. The van der Waals surface area contributed by atoms with E-state index >= 15 is 0 Å². The molecule has 9 heteroatoms. The van der Waals surface area contributed by atoms with Gasteiger partial charge in [-0.25, -0.2) is 9.48 Å². The quantitative estimate of drug-likeness (QED) is 0.0996. The molecule has 2 heterocycles. The van der Waals surface area contributed by atoms with Crippen LogP contribution in [0.5, 0.6) is 11.5 Å². The van der Waals surface area contributed by atoms with Crippen molar-refractivity contribution in [3.05, 3.63) is 130 Å². The van der Waals surface area contributed by atoms with E-state index in [1.165, 1.54) is 5.56 Å². The number of carbonyl (C=O) groups is 3. The van der Waals surface area contributed by atoms with Gasteiger partial charge in [-0.1, -0.05) is 95.1 Å². The van der Waals surface area contributed by atoms with Crippen LogP contribution >= 0.6 is 11.6 Å². The van der Waals surface area contributed by atoms with Crippen LogP contribution in [0.2, 0.25) is 5.02 Å². The molecule has 0 atom stereocenters. The predicted octanol–water partition coefficient (Wildman–Crippen LogP) is 10.6. The molecule has 1 amide bonds. The fraction of sp³-hybridized carbons (Fsp3) is 0.302. The molecule has 5 aromatic rings. The number of hydrogen-bond acceptors (Lipinski definition) is 6. The summed E-state index contributed by atoms with van der Waals surface area (Å²) >= 11 is 6.13. The van der Waals surface area contributed by atoms with Crippen LogP contribution in [0.15, 0.2) is 91.0 Å². The first-order valence-electron chi connectivity index (χ1n) is 18.2. The summed E-state index contributed by atoms with van der Waals surface area (Å²) in [5, 5.41) is 5.40. The Morgan fingerprint density at radius 2 is 1.60 bits per heavy atom. The monoisotopic (exact) mass is 721 g/mol. The molecular formula is C43H48ClN3O5. The number of benzene rings is 4. The van der Waals surface area contributed by atoms with Crippen LogP contribution < -0.4 is 4.74 Å². The van der Waals surface area contributed by atoms with E-state index in [0.29, 0.717) is 64.0 Å². The van der Waals surface area contributed by atoms with Gasteiger partial charge in [0.05, 0.1) is 18.0 Å². The molecule has 4 aromatic carbocycles. The van der Waals surface area contributed by atoms with E-state index in [0.717, 1.165) is 36.8 Å². The Balaban J connectivity index is 0.00000146. The minimum Gasteiger partial charge on any atom is -0.461 e. The maximum atomic E-state index is 14.3. The molecule has 0 saturated heterocycles. The summed E-state index contributed by atoms with van der Waals surface area (Å²) < 4.78 is 13.2. The molecule has 0 fully saturated rings. The van der Waals surface area contributed by atoms with Crippen molar-refractivity contribution in [1.29, 1.82) is 0 Å². The van der Waals surface area contributed by atoms with Crippen molar-refractivity contribution in [1.82, 2.24) is 14.7 Å². The van der Waals surface area contributed by atoms with E-state index in [1.807, 2.05) is 82.3 Å². The first kappa shape index (κ1) is 39.6. The number of aldehydes is 1. The number of aromatic nitrogens is 2. The smallest absolute Gasteiger partial charge is 0.359 e. The largest absolute Gasteiger partial charge is 0.461 e. The Labute approximate surface area is 312 Å². The van der Waals surface area contributed by atoms with Gasteiger partial charge in [0.15, 0.2) is 5.69 Å². The molecule has 0 bridgehead atoms. The van der Waals surface area contributed by atoms with Crippen molar-refractivity contribution in [2.24, 2.45) is 0 Å². The van der Waals surface area contributed by atoms with E-state index in [2.05, 4.69) is 13.0 Å². The topological polar surface area (TPSA) is 90.7 Å². The number of rotatable bonds is 11. The van der Waals surface area contributed by atoms with Crippen molar-refractivity contribution in [3.8, 4) is 28.3 Å². The van der Waals surface area contributed by atoms with Crippen LogP contribution in [0.4, 0.5) is 0 Å². The molecule has 1 aliphatic rings. The highest BCUT2D eigenvalue weighted by Crippen LogP contribution is 2.36. The lowest BCUT2D eigenvalue weighted by Gasteiger charge is -2.29. The second kappa shape index (κ2) is 19.4. The van der Waals surface area contributed by atoms with Crippen molar-refractivity contribution in [2.45, 2.75) is 73.8 Å². The van der Waals surface area contributed by atoms with Gasteiger partial charge in [-0.15, -0.1) is 0 Å². The van der Waals surface area contributed by atoms with Gasteiger partial charge in [-0.2, -0.15) is 5.10 Å². The molecule has 8 nitrogen and oxygen atoms in total. The fourth-order valence-corrected chi connectivity index (χ4v) is 6.24. The number of esters is 1. The average Bonchev–Trinajstić information content (AvgIpc) is 3.57. The van der Waals surface area contributed by atoms with Gasteiger partial charge in [-0.3, -0.25) is 9.59 Å². The van der Waals surface area contributed by atoms with Crippen LogP contribution in [-0.2, 0) is 24.1 Å². The maximum Gasteiger partial charge on any atom is 0.359 e. The molecule has 52 heavy (non-hydrogen) atoms. The number of amides is 1. The van der Waals surface area contributed by atoms with E-state index in [1.54, 1.807) is 46.8 Å². The average molecular weight is 722 g/mol. The van der Waals surface area contributed by atoms with E-state index in [-0.39, 0.29) is 18.2 Å². The first-order chi connectivity index (χ1) is 25.4. The van der Waals surface area contributed by atoms with Gasteiger partial charge in [0.2, 0.25) is 0 Å². The summed E-state index contributed by atoms with van der Waals surface area (Å²) in [7, 11) is 0. The number of carbonyl (C=O) groups excluding carboxylic acids is 3. The van der Waals surface area contributed by atoms with E-state index in [4.69, 9.17) is 26.2 Å². The van der Waals surface area contributed by atoms with Crippen molar-refractivity contribution < 1.29 is 23.9 Å². The zero-order valence-electron chi connectivity index (χ0n) is 30.9. The molecular weight excluding hydrogens is 674 g/mol. The van der Waals surface area contributed by atoms with Crippen molar-refractivity contribution >= 4 is 29.8 Å². The number of halogens is 1. The Hall–Kier alpha value is -5.21. The highest BCUT2D eigenvalue weighted by atomic mass is 35.5. The SMILES string of the molecule is CC.CC.CCCCc1c(-c2ccc(C=O)cc2C(=O)N2CCc3ccccc3C2)c(C(=O)OCC)nn1-c1ccc(Oc2cccc(Cl)c2)cc1. The van der Waals surface area contributed by atoms with Gasteiger partial charge in [-0.05, 0) is 91.4 Å². The van der Waals surface area contributed by atoms with Gasteiger partial charge in [0, 0.05) is 34.8 Å². The van der Waals surface area contributed by atoms with Gasteiger partial charge in [0.1, 0.15) is 17.8 Å². The number of fused-ring (bicyclic) bond motifs is 1. The number of nitrogens with zero attached hydrogens (tertiary/aromatic N) is 3. The molecule has 272 valence electrons. The van der Waals surface area contributed by atoms with Gasteiger partial charge >= 0.3 is 5.97 Å². The summed E-state index contributed by atoms with van der Waals surface area (Å²) in [6.45, 7) is 13.0. The van der Waals surface area contributed by atoms with Gasteiger partial charge in [0.25, 0.3) is 5.91 Å². The van der Waals surface area contributed by atoms with Crippen molar-refractivity contribution in [2.75, 3.05) is 13.2 Å². The fourth-order valence-electron chi connectivity index (χ4n) is 6.06. The summed E-state index contributed by atoms with van der Waals surface area (Å²) in [6.07, 6.45) is 3.76. The molecule has 0 aliphatic carbocycles. The lowest BCUT2D eigenvalue weighted by molar-refractivity contribution is 0.0519. The highest BCUT2D eigenvalue weighted by Gasteiger charge is 2.31. The summed E-state index contributed by atoms with van der Waals surface area (Å²) in [5.41, 5.74) is 5.67. The van der Waals surface area contributed by atoms with Crippen LogP contribution in [-0.4, -0.2) is 46.0 Å². The Kier molecular flexibility index (Phi) is 14.8. The lowest BCUT2D eigenvalue weighted by Crippen LogP contribution is -2.36. The van der Waals surface area contributed by atoms with Gasteiger partial charge < -0.3 is 14.4 Å². The first-order valence-corrected chi connectivity index (χ1v) is 18.6. The second-order valence-electron chi connectivity index (χ2n) is 11.6.